The Kier molecular flexibility index (Phi) is 6.15. The van der Waals surface area contributed by atoms with Gasteiger partial charge in [0.2, 0.25) is 5.91 Å². The number of aromatic nitrogens is 4. The van der Waals surface area contributed by atoms with E-state index in [1.807, 2.05) is 31.2 Å². The van der Waals surface area contributed by atoms with Crippen LogP contribution in [0.5, 0.6) is 0 Å². The number of nitrogens with one attached hydrogen (secondary N) is 1. The molecule has 0 saturated heterocycles. The van der Waals surface area contributed by atoms with Gasteiger partial charge in [0, 0.05) is 12.1 Å². The summed E-state index contributed by atoms with van der Waals surface area (Å²) in [6, 6.07) is 14.3. The summed E-state index contributed by atoms with van der Waals surface area (Å²) in [6.07, 6.45) is 0.960. The molecular weight excluding hydrogens is 414 g/mol. The van der Waals surface area contributed by atoms with E-state index in [1.54, 1.807) is 0 Å². The average Bonchev–Trinajstić information content (AvgIpc) is 3.29. The summed E-state index contributed by atoms with van der Waals surface area (Å²) in [4.78, 5) is 17.0. The van der Waals surface area contributed by atoms with Crippen molar-refractivity contribution in [2.24, 2.45) is 0 Å². The quantitative estimate of drug-likeness (QED) is 0.397. The third-order valence-electron chi connectivity index (χ3n) is 4.56. The van der Waals surface area contributed by atoms with Crippen LogP contribution in [0, 0.1) is 13.8 Å². The normalized spacial score (nSPS) is 11.2. The Labute approximate surface area is 183 Å². The number of carbonyl (C=O) groups is 1. The number of thioether (sulfide) groups is 1. The Morgan fingerprint density at radius 2 is 1.97 bits per heavy atom. The van der Waals surface area contributed by atoms with Crippen molar-refractivity contribution in [1.82, 2.24) is 19.7 Å². The third-order valence-corrected chi connectivity index (χ3v) is 6.46. The molecule has 1 amide bonds. The molecule has 6 nitrogen and oxygen atoms in total. The maximum absolute atomic E-state index is 12.5. The van der Waals surface area contributed by atoms with Crippen LogP contribution in [-0.4, -0.2) is 31.4 Å². The number of fused-ring (bicyclic) bond motifs is 1. The summed E-state index contributed by atoms with van der Waals surface area (Å²) < 4.78 is 3.16. The Morgan fingerprint density at radius 1 is 1.13 bits per heavy atom. The van der Waals surface area contributed by atoms with Gasteiger partial charge in [-0.05, 0) is 44.0 Å². The minimum Gasteiger partial charge on any atom is -0.302 e. The number of carbonyl (C=O) groups excluding carboxylic acids is 1. The largest absolute Gasteiger partial charge is 0.302 e. The van der Waals surface area contributed by atoms with Crippen molar-refractivity contribution in [3.05, 3.63) is 53.6 Å². The zero-order valence-electron chi connectivity index (χ0n) is 17.2. The number of anilines is 1. The zero-order valence-corrected chi connectivity index (χ0v) is 18.8. The SMILES string of the molecule is CCCn1c(SCC(=O)Nc2nc3ccc(C)cc3s2)nnc1-c1cccc(C)c1. The standard InChI is InChI=1S/C22H23N5OS2/c1-4-10-27-20(16-7-5-6-14(2)11-16)25-26-22(27)29-13-19(28)24-21-23-17-9-8-15(3)12-18(17)30-21/h5-9,11-12H,4,10,13H2,1-3H3,(H,23,24,28). The smallest absolute Gasteiger partial charge is 0.236 e. The van der Waals surface area contributed by atoms with Crippen LogP contribution in [0.4, 0.5) is 5.13 Å². The van der Waals surface area contributed by atoms with E-state index in [0.717, 1.165) is 39.7 Å². The maximum atomic E-state index is 12.5. The first-order valence-corrected chi connectivity index (χ1v) is 11.6. The van der Waals surface area contributed by atoms with Gasteiger partial charge < -0.3 is 9.88 Å². The Morgan fingerprint density at radius 3 is 2.77 bits per heavy atom. The Hall–Kier alpha value is -2.71. The van der Waals surface area contributed by atoms with Crippen LogP contribution in [-0.2, 0) is 11.3 Å². The van der Waals surface area contributed by atoms with Crippen LogP contribution in [0.25, 0.3) is 21.6 Å². The summed E-state index contributed by atoms with van der Waals surface area (Å²) in [6.45, 7) is 7.03. The number of rotatable bonds is 7. The van der Waals surface area contributed by atoms with Gasteiger partial charge in [-0.2, -0.15) is 0 Å². The number of amides is 1. The number of nitrogens with zero attached hydrogens (tertiary/aromatic N) is 4. The molecule has 0 radical (unpaired) electrons. The molecule has 1 N–H and O–H groups in total. The Bertz CT molecular complexity index is 1200. The first-order chi connectivity index (χ1) is 14.5. The monoisotopic (exact) mass is 437 g/mol. The first-order valence-electron chi connectivity index (χ1n) is 9.83. The molecule has 0 spiro atoms. The molecule has 30 heavy (non-hydrogen) atoms. The highest BCUT2D eigenvalue weighted by atomic mass is 32.2. The lowest BCUT2D eigenvalue weighted by atomic mass is 10.1. The molecule has 0 aliphatic heterocycles. The van der Waals surface area contributed by atoms with Crippen molar-refractivity contribution in [3.8, 4) is 11.4 Å². The van der Waals surface area contributed by atoms with Crippen molar-refractivity contribution in [2.75, 3.05) is 11.1 Å². The van der Waals surface area contributed by atoms with Gasteiger partial charge in [-0.25, -0.2) is 4.98 Å². The summed E-state index contributed by atoms with van der Waals surface area (Å²) in [7, 11) is 0. The van der Waals surface area contributed by atoms with Crippen molar-refractivity contribution < 1.29 is 4.79 Å². The van der Waals surface area contributed by atoms with Gasteiger partial charge in [0.05, 0.1) is 16.0 Å². The van der Waals surface area contributed by atoms with Crippen LogP contribution in [0.15, 0.2) is 47.6 Å². The second-order valence-corrected chi connectivity index (χ2v) is 9.13. The van der Waals surface area contributed by atoms with Gasteiger partial charge in [0.1, 0.15) is 0 Å². The summed E-state index contributed by atoms with van der Waals surface area (Å²) >= 11 is 2.89. The topological polar surface area (TPSA) is 72.7 Å². The van der Waals surface area contributed by atoms with E-state index in [2.05, 4.69) is 57.1 Å². The lowest BCUT2D eigenvalue weighted by Crippen LogP contribution is -2.14. The van der Waals surface area contributed by atoms with Crippen molar-refractivity contribution in [2.45, 2.75) is 38.9 Å². The van der Waals surface area contributed by atoms with Gasteiger partial charge in [-0.1, -0.05) is 59.9 Å². The number of hydrogen-bond donors (Lipinski definition) is 1. The fraction of sp³-hybridized carbons (Fsp3) is 0.273. The van der Waals surface area contributed by atoms with Gasteiger partial charge in [-0.3, -0.25) is 4.79 Å². The van der Waals surface area contributed by atoms with E-state index in [0.29, 0.717) is 5.13 Å². The second-order valence-electron chi connectivity index (χ2n) is 7.15. The third kappa shape index (κ3) is 4.55. The summed E-state index contributed by atoms with van der Waals surface area (Å²) in [5.74, 6) is 0.994. The van der Waals surface area contributed by atoms with E-state index in [9.17, 15) is 4.79 Å². The highest BCUT2D eigenvalue weighted by Gasteiger charge is 2.16. The van der Waals surface area contributed by atoms with E-state index in [-0.39, 0.29) is 11.7 Å². The number of hydrogen-bond acceptors (Lipinski definition) is 6. The summed E-state index contributed by atoms with van der Waals surface area (Å²) in [5, 5.41) is 13.0. The molecule has 0 saturated carbocycles. The highest BCUT2D eigenvalue weighted by Crippen LogP contribution is 2.28. The lowest BCUT2D eigenvalue weighted by Gasteiger charge is -2.09. The van der Waals surface area contributed by atoms with Crippen LogP contribution >= 0.6 is 23.1 Å². The predicted octanol–water partition coefficient (Wildman–Crippen LogP) is 5.31. The van der Waals surface area contributed by atoms with E-state index < -0.39 is 0 Å². The molecule has 2 heterocycles. The van der Waals surface area contributed by atoms with Crippen LogP contribution in [0.3, 0.4) is 0 Å². The molecule has 8 heteroatoms. The maximum Gasteiger partial charge on any atom is 0.236 e. The fourth-order valence-electron chi connectivity index (χ4n) is 3.19. The average molecular weight is 438 g/mol. The molecule has 4 rings (SSSR count). The van der Waals surface area contributed by atoms with Crippen LogP contribution in [0.2, 0.25) is 0 Å². The minimum atomic E-state index is -0.0982. The number of benzene rings is 2. The Balaban J connectivity index is 1.46. The van der Waals surface area contributed by atoms with Gasteiger partial charge in [-0.15, -0.1) is 10.2 Å². The van der Waals surface area contributed by atoms with Crippen LogP contribution in [0.1, 0.15) is 24.5 Å². The molecule has 0 aliphatic rings. The zero-order chi connectivity index (χ0) is 21.1. The molecule has 154 valence electrons. The van der Waals surface area contributed by atoms with Gasteiger partial charge in [0.15, 0.2) is 16.1 Å². The predicted molar refractivity (Wildman–Crippen MR) is 124 cm³/mol. The molecular formula is C22H23N5OS2. The van der Waals surface area contributed by atoms with Gasteiger partial charge >= 0.3 is 0 Å². The van der Waals surface area contributed by atoms with Crippen molar-refractivity contribution in [1.29, 1.82) is 0 Å². The van der Waals surface area contributed by atoms with Crippen molar-refractivity contribution in [3.63, 3.8) is 0 Å². The van der Waals surface area contributed by atoms with Crippen LogP contribution < -0.4 is 5.32 Å². The fourth-order valence-corrected chi connectivity index (χ4v) is 4.93. The minimum absolute atomic E-state index is 0.0982. The molecule has 0 atom stereocenters. The molecule has 4 aromatic rings. The molecule has 0 unspecified atom stereocenters. The molecule has 2 aromatic heterocycles. The van der Waals surface area contributed by atoms with E-state index >= 15 is 0 Å². The molecule has 0 bridgehead atoms. The van der Waals surface area contributed by atoms with Crippen molar-refractivity contribution >= 4 is 44.4 Å². The first kappa shape index (κ1) is 20.6. The number of aryl methyl sites for hydroxylation is 2. The molecule has 0 aliphatic carbocycles. The number of thiazole rings is 1. The molecule has 0 fully saturated rings. The summed E-state index contributed by atoms with van der Waals surface area (Å²) in [5.41, 5.74) is 4.30. The second kappa shape index (κ2) is 8.97. The highest BCUT2D eigenvalue weighted by molar-refractivity contribution is 7.99. The lowest BCUT2D eigenvalue weighted by molar-refractivity contribution is -0.113. The molecule has 2 aromatic carbocycles. The van der Waals surface area contributed by atoms with E-state index in [1.165, 1.54) is 34.2 Å². The van der Waals surface area contributed by atoms with E-state index in [4.69, 9.17) is 0 Å². The van der Waals surface area contributed by atoms with Gasteiger partial charge in [0.25, 0.3) is 0 Å².